The topological polar surface area (TPSA) is 36.7 Å². The molecule has 1 unspecified atom stereocenters. The summed E-state index contributed by atoms with van der Waals surface area (Å²) in [7, 11) is 0. The van der Waals surface area contributed by atoms with Crippen LogP contribution in [0.2, 0.25) is 0 Å². The van der Waals surface area contributed by atoms with Gasteiger partial charge >= 0.3 is 0 Å². The average Bonchev–Trinajstić information content (AvgIpc) is 3.10. The third-order valence-corrected chi connectivity index (χ3v) is 4.26. The molecule has 0 aliphatic carbocycles. The summed E-state index contributed by atoms with van der Waals surface area (Å²) in [6, 6.07) is 3.72. The zero-order valence-electron chi connectivity index (χ0n) is 11.7. The van der Waals surface area contributed by atoms with Crippen LogP contribution in [0.25, 0.3) is 0 Å². The van der Waals surface area contributed by atoms with E-state index in [1.54, 1.807) is 11.2 Å². The van der Waals surface area contributed by atoms with Crippen molar-refractivity contribution in [3.63, 3.8) is 0 Å². The van der Waals surface area contributed by atoms with Crippen molar-refractivity contribution >= 4 is 5.91 Å². The maximum atomic E-state index is 15.0. The lowest BCUT2D eigenvalue weighted by molar-refractivity contribution is -0.147. The molecule has 0 saturated carbocycles. The van der Waals surface area contributed by atoms with Gasteiger partial charge in [-0.25, -0.2) is 4.39 Å². The molecule has 3 heterocycles. The van der Waals surface area contributed by atoms with Crippen LogP contribution in [0, 0.1) is 0 Å². The minimum Gasteiger partial charge on any atom is -0.468 e. The van der Waals surface area contributed by atoms with E-state index >= 15 is 4.39 Å². The fourth-order valence-corrected chi connectivity index (χ4v) is 3.23. The van der Waals surface area contributed by atoms with Crippen LogP contribution < -0.4 is 0 Å². The van der Waals surface area contributed by atoms with Gasteiger partial charge in [-0.05, 0) is 44.4 Å². The molecule has 0 N–H and O–H groups in total. The largest absolute Gasteiger partial charge is 0.468 e. The Morgan fingerprint density at radius 3 is 2.80 bits per heavy atom. The smallest absolute Gasteiger partial charge is 0.261 e. The molecule has 0 bridgehead atoms. The van der Waals surface area contributed by atoms with Crippen LogP contribution >= 0.6 is 0 Å². The number of hydrogen-bond acceptors (Lipinski definition) is 3. The molecular formula is C15H21FN2O2. The third kappa shape index (κ3) is 2.73. The first-order chi connectivity index (χ1) is 9.67. The van der Waals surface area contributed by atoms with E-state index in [2.05, 4.69) is 0 Å². The molecule has 2 aliphatic rings. The Hall–Kier alpha value is -1.36. The summed E-state index contributed by atoms with van der Waals surface area (Å²) in [6.45, 7) is 3.00. The number of carbonyl (C=O) groups excluding carboxylic acids is 1. The van der Waals surface area contributed by atoms with Crippen molar-refractivity contribution < 1.29 is 13.6 Å². The van der Waals surface area contributed by atoms with Crippen molar-refractivity contribution in [2.24, 2.45) is 0 Å². The van der Waals surface area contributed by atoms with Crippen LogP contribution in [0.15, 0.2) is 22.8 Å². The van der Waals surface area contributed by atoms with Gasteiger partial charge < -0.3 is 9.32 Å². The van der Waals surface area contributed by atoms with E-state index in [4.69, 9.17) is 4.42 Å². The Kier molecular flexibility index (Phi) is 3.78. The second-order valence-electron chi connectivity index (χ2n) is 5.86. The number of hydrogen-bond donors (Lipinski definition) is 0. The molecule has 2 fully saturated rings. The molecule has 0 radical (unpaired) electrons. The average molecular weight is 280 g/mol. The van der Waals surface area contributed by atoms with Crippen LogP contribution in [-0.2, 0) is 11.3 Å². The van der Waals surface area contributed by atoms with Crippen LogP contribution in [0.4, 0.5) is 4.39 Å². The molecule has 3 rings (SSSR count). The number of nitrogens with zero attached hydrogens (tertiary/aromatic N) is 2. The van der Waals surface area contributed by atoms with Crippen molar-refractivity contribution in [3.8, 4) is 0 Å². The number of halogens is 1. The van der Waals surface area contributed by atoms with Crippen molar-refractivity contribution in [3.05, 3.63) is 24.2 Å². The van der Waals surface area contributed by atoms with Crippen molar-refractivity contribution in [2.75, 3.05) is 26.2 Å². The monoisotopic (exact) mass is 280 g/mol. The lowest BCUT2D eigenvalue weighted by atomic mass is 9.93. The predicted octanol–water partition coefficient (Wildman–Crippen LogP) is 2.21. The summed E-state index contributed by atoms with van der Waals surface area (Å²) < 4.78 is 20.3. The van der Waals surface area contributed by atoms with Gasteiger partial charge in [-0.2, -0.15) is 0 Å². The first kappa shape index (κ1) is 13.6. The maximum absolute atomic E-state index is 15.0. The second kappa shape index (κ2) is 5.56. The van der Waals surface area contributed by atoms with Crippen molar-refractivity contribution in [1.29, 1.82) is 0 Å². The Balaban J connectivity index is 1.65. The summed E-state index contributed by atoms with van der Waals surface area (Å²) in [5.74, 6) is 0.516. The van der Waals surface area contributed by atoms with Crippen molar-refractivity contribution in [2.45, 2.75) is 37.9 Å². The Labute approximate surface area is 118 Å². The molecule has 1 aromatic rings. The molecule has 110 valence electrons. The minimum atomic E-state index is -1.71. The molecule has 20 heavy (non-hydrogen) atoms. The van der Waals surface area contributed by atoms with E-state index in [9.17, 15) is 4.79 Å². The summed E-state index contributed by atoms with van der Waals surface area (Å²) in [6.07, 6.45) is 4.68. The first-order valence-electron chi connectivity index (χ1n) is 7.40. The fraction of sp³-hybridized carbons (Fsp3) is 0.667. The number of carbonyl (C=O) groups is 1. The molecular weight excluding hydrogens is 259 g/mol. The molecule has 1 amide bonds. The number of rotatable bonds is 3. The van der Waals surface area contributed by atoms with Crippen LogP contribution in [0.5, 0.6) is 0 Å². The highest BCUT2D eigenvalue weighted by molar-refractivity contribution is 5.85. The summed E-state index contributed by atoms with van der Waals surface area (Å²) >= 11 is 0. The van der Waals surface area contributed by atoms with E-state index < -0.39 is 5.67 Å². The van der Waals surface area contributed by atoms with Gasteiger partial charge in [0.1, 0.15) is 5.76 Å². The highest BCUT2D eigenvalue weighted by Gasteiger charge is 2.45. The van der Waals surface area contributed by atoms with Crippen molar-refractivity contribution in [1.82, 2.24) is 9.80 Å². The van der Waals surface area contributed by atoms with Gasteiger partial charge in [-0.15, -0.1) is 0 Å². The molecule has 5 heteroatoms. The second-order valence-corrected chi connectivity index (χ2v) is 5.86. The molecule has 4 nitrogen and oxygen atoms in total. The summed E-state index contributed by atoms with van der Waals surface area (Å²) in [4.78, 5) is 16.0. The highest BCUT2D eigenvalue weighted by Crippen LogP contribution is 2.29. The first-order valence-corrected chi connectivity index (χ1v) is 7.40. The number of likely N-dealkylation sites (tertiary alicyclic amines) is 2. The highest BCUT2D eigenvalue weighted by atomic mass is 19.1. The lowest BCUT2D eigenvalue weighted by Gasteiger charge is -2.37. The van der Waals surface area contributed by atoms with Gasteiger partial charge in [-0.3, -0.25) is 9.69 Å². The summed E-state index contributed by atoms with van der Waals surface area (Å²) in [5.41, 5.74) is -1.71. The van der Waals surface area contributed by atoms with Gasteiger partial charge in [0.05, 0.1) is 12.8 Å². The normalized spacial score (nSPS) is 27.9. The minimum absolute atomic E-state index is 0.184. The summed E-state index contributed by atoms with van der Waals surface area (Å²) in [5, 5.41) is 0. The van der Waals surface area contributed by atoms with Gasteiger partial charge in [0.25, 0.3) is 5.91 Å². The maximum Gasteiger partial charge on any atom is 0.261 e. The van der Waals surface area contributed by atoms with Crippen LogP contribution in [0.1, 0.15) is 31.4 Å². The van der Waals surface area contributed by atoms with Crippen LogP contribution in [-0.4, -0.2) is 47.6 Å². The number of piperidine rings is 1. The number of amides is 1. The van der Waals surface area contributed by atoms with E-state index in [-0.39, 0.29) is 12.5 Å². The fourth-order valence-electron chi connectivity index (χ4n) is 3.23. The third-order valence-electron chi connectivity index (χ3n) is 4.26. The molecule has 1 aromatic heterocycles. The van der Waals surface area contributed by atoms with E-state index in [0.717, 1.165) is 31.6 Å². The van der Waals surface area contributed by atoms with Gasteiger partial charge in [0.2, 0.25) is 5.67 Å². The van der Waals surface area contributed by atoms with Gasteiger partial charge in [0, 0.05) is 19.6 Å². The standard InChI is InChI=1S/C15H21FN2O2/c16-15(14(19)18-8-1-2-9-18)6-4-7-17(12-15)11-13-5-3-10-20-13/h3,5,10H,1-2,4,6-9,11-12H2. The van der Waals surface area contributed by atoms with Gasteiger partial charge in [-0.1, -0.05) is 0 Å². The number of alkyl halides is 1. The molecule has 0 spiro atoms. The zero-order chi connectivity index (χ0) is 14.0. The number of furan rings is 1. The molecule has 2 saturated heterocycles. The van der Waals surface area contributed by atoms with E-state index in [1.807, 2.05) is 17.0 Å². The Morgan fingerprint density at radius 1 is 1.30 bits per heavy atom. The molecule has 1 atom stereocenters. The lowest BCUT2D eigenvalue weighted by Crippen LogP contribution is -2.54. The SMILES string of the molecule is O=C(N1CCCC1)C1(F)CCCN(Cc2ccco2)C1. The van der Waals surface area contributed by atoms with E-state index in [1.165, 1.54) is 0 Å². The zero-order valence-corrected chi connectivity index (χ0v) is 11.7. The molecule has 2 aliphatic heterocycles. The molecule has 0 aromatic carbocycles. The Bertz CT molecular complexity index is 456. The Morgan fingerprint density at radius 2 is 2.10 bits per heavy atom. The van der Waals surface area contributed by atoms with E-state index in [0.29, 0.717) is 26.1 Å². The quantitative estimate of drug-likeness (QED) is 0.851. The van der Waals surface area contributed by atoms with Crippen LogP contribution in [0.3, 0.4) is 0 Å². The predicted molar refractivity (Wildman–Crippen MR) is 72.9 cm³/mol. The van der Waals surface area contributed by atoms with Gasteiger partial charge in [0.15, 0.2) is 0 Å².